The number of carbonyl (C=O) groups excluding carboxylic acids is 1. The van der Waals surface area contributed by atoms with Gasteiger partial charge in [-0.3, -0.25) is 4.79 Å². The largest absolute Gasteiger partial charge is 0.334 e. The number of nitrogens with zero attached hydrogens (tertiary/aromatic N) is 4. The van der Waals surface area contributed by atoms with Crippen LogP contribution < -0.4 is 0 Å². The Morgan fingerprint density at radius 3 is 2.81 bits per heavy atom. The number of hydrogen-bond donors (Lipinski definition) is 0. The average Bonchev–Trinajstić information content (AvgIpc) is 2.35. The molecular weight excluding hydrogens is 204 g/mol. The second-order valence-corrected chi connectivity index (χ2v) is 3.08. The maximum atomic E-state index is 11.9. The third-order valence-electron chi connectivity index (χ3n) is 1.94. The zero-order valence-corrected chi connectivity index (χ0v) is 8.83. The van der Waals surface area contributed by atoms with Gasteiger partial charge in [0.25, 0.3) is 5.91 Å². The second-order valence-electron chi connectivity index (χ2n) is 3.08. The van der Waals surface area contributed by atoms with Crippen LogP contribution in [0.4, 0.5) is 0 Å². The number of rotatable bonds is 5. The molecular formula is C11H12N4O. The molecule has 0 aliphatic heterocycles. The van der Waals surface area contributed by atoms with Gasteiger partial charge in [0.2, 0.25) is 0 Å². The van der Waals surface area contributed by atoms with E-state index in [0.29, 0.717) is 25.1 Å². The summed E-state index contributed by atoms with van der Waals surface area (Å²) >= 11 is 0. The first kappa shape index (κ1) is 11.9. The molecule has 0 aliphatic carbocycles. The number of carbonyl (C=O) groups is 1. The normalized spacial score (nSPS) is 9.19. The Kier molecular flexibility index (Phi) is 4.67. The summed E-state index contributed by atoms with van der Waals surface area (Å²) in [5.74, 6) is -0.184. The van der Waals surface area contributed by atoms with Gasteiger partial charge in [-0.2, -0.15) is 5.26 Å². The summed E-state index contributed by atoms with van der Waals surface area (Å²) in [5.41, 5.74) is 0.419. The van der Waals surface area contributed by atoms with Crippen molar-refractivity contribution in [1.82, 2.24) is 14.9 Å². The fraction of sp³-hybridized carbons (Fsp3) is 0.273. The van der Waals surface area contributed by atoms with E-state index in [9.17, 15) is 4.79 Å². The van der Waals surface area contributed by atoms with E-state index >= 15 is 0 Å². The quantitative estimate of drug-likeness (QED) is 0.689. The minimum absolute atomic E-state index is 0.184. The molecule has 0 atom stereocenters. The minimum Gasteiger partial charge on any atom is -0.334 e. The molecule has 0 bridgehead atoms. The molecule has 0 fully saturated rings. The van der Waals surface area contributed by atoms with E-state index in [-0.39, 0.29) is 5.91 Å². The van der Waals surface area contributed by atoms with E-state index in [1.54, 1.807) is 6.08 Å². The van der Waals surface area contributed by atoms with Gasteiger partial charge in [-0.25, -0.2) is 9.97 Å². The van der Waals surface area contributed by atoms with Gasteiger partial charge in [0, 0.05) is 25.5 Å². The molecule has 0 unspecified atom stereocenters. The third kappa shape index (κ3) is 3.17. The maximum absolute atomic E-state index is 11.9. The zero-order chi connectivity index (χ0) is 11.8. The van der Waals surface area contributed by atoms with Crippen LogP contribution in [0.2, 0.25) is 0 Å². The Labute approximate surface area is 94.0 Å². The van der Waals surface area contributed by atoms with Crippen LogP contribution in [0.1, 0.15) is 16.8 Å². The molecule has 0 radical (unpaired) electrons. The van der Waals surface area contributed by atoms with Crippen LogP contribution in [0.25, 0.3) is 0 Å². The Bertz CT molecular complexity index is 396. The molecule has 1 amide bonds. The number of hydrogen-bond acceptors (Lipinski definition) is 4. The first-order chi connectivity index (χ1) is 7.79. The minimum atomic E-state index is -0.184. The highest BCUT2D eigenvalue weighted by molar-refractivity contribution is 5.93. The molecule has 0 N–H and O–H groups in total. The van der Waals surface area contributed by atoms with Gasteiger partial charge in [-0.05, 0) is 0 Å². The molecule has 0 aromatic carbocycles. The van der Waals surface area contributed by atoms with Crippen LogP contribution in [-0.4, -0.2) is 33.9 Å². The summed E-state index contributed by atoms with van der Waals surface area (Å²) in [6.45, 7) is 4.37. The molecule has 1 aromatic rings. The number of nitriles is 1. The highest BCUT2D eigenvalue weighted by atomic mass is 16.2. The summed E-state index contributed by atoms with van der Waals surface area (Å²) in [6.07, 6.45) is 6.20. The molecule has 0 spiro atoms. The predicted octanol–water partition coefficient (Wildman–Crippen LogP) is 1.02. The second kappa shape index (κ2) is 6.30. The SMILES string of the molecule is C=CCN(CCC#N)C(=O)c1cncnc1. The zero-order valence-electron chi connectivity index (χ0n) is 8.83. The highest BCUT2D eigenvalue weighted by Crippen LogP contribution is 2.02. The van der Waals surface area contributed by atoms with Gasteiger partial charge in [0.05, 0.1) is 18.1 Å². The fourth-order valence-corrected chi connectivity index (χ4v) is 1.21. The smallest absolute Gasteiger partial charge is 0.257 e. The lowest BCUT2D eigenvalue weighted by atomic mass is 10.2. The van der Waals surface area contributed by atoms with E-state index in [1.807, 2.05) is 6.07 Å². The van der Waals surface area contributed by atoms with Crippen molar-refractivity contribution in [3.63, 3.8) is 0 Å². The van der Waals surface area contributed by atoms with Crippen LogP contribution in [0.3, 0.4) is 0 Å². The van der Waals surface area contributed by atoms with E-state index in [0.717, 1.165) is 0 Å². The summed E-state index contributed by atoms with van der Waals surface area (Å²) in [5, 5.41) is 8.50. The van der Waals surface area contributed by atoms with Crippen LogP contribution >= 0.6 is 0 Å². The summed E-state index contributed by atoms with van der Waals surface area (Å²) < 4.78 is 0. The molecule has 5 heteroatoms. The molecule has 0 aliphatic rings. The van der Waals surface area contributed by atoms with Crippen LogP contribution in [0.5, 0.6) is 0 Å². The first-order valence-corrected chi connectivity index (χ1v) is 4.81. The summed E-state index contributed by atoms with van der Waals surface area (Å²) in [7, 11) is 0. The number of aromatic nitrogens is 2. The van der Waals surface area contributed by atoms with Gasteiger partial charge >= 0.3 is 0 Å². The van der Waals surface area contributed by atoms with Crippen molar-refractivity contribution in [2.75, 3.05) is 13.1 Å². The Balaban J connectivity index is 2.75. The lowest BCUT2D eigenvalue weighted by molar-refractivity contribution is 0.0776. The van der Waals surface area contributed by atoms with Crippen molar-refractivity contribution >= 4 is 5.91 Å². The van der Waals surface area contributed by atoms with Gasteiger partial charge in [0.1, 0.15) is 6.33 Å². The van der Waals surface area contributed by atoms with Crippen LogP contribution in [0.15, 0.2) is 31.4 Å². The lowest BCUT2D eigenvalue weighted by Crippen LogP contribution is -2.32. The van der Waals surface area contributed by atoms with Gasteiger partial charge in [-0.1, -0.05) is 6.08 Å². The van der Waals surface area contributed by atoms with Gasteiger partial charge in [0.15, 0.2) is 0 Å². The summed E-state index contributed by atoms with van der Waals surface area (Å²) in [4.78, 5) is 21.0. The Hall–Kier alpha value is -2.22. The molecule has 0 saturated heterocycles. The van der Waals surface area contributed by atoms with Crippen molar-refractivity contribution in [3.8, 4) is 6.07 Å². The van der Waals surface area contributed by atoms with Gasteiger partial charge < -0.3 is 4.90 Å². The third-order valence-corrected chi connectivity index (χ3v) is 1.94. The Morgan fingerprint density at radius 1 is 1.56 bits per heavy atom. The van der Waals surface area contributed by atoms with E-state index < -0.39 is 0 Å². The molecule has 5 nitrogen and oxygen atoms in total. The van der Waals surface area contributed by atoms with Gasteiger partial charge in [-0.15, -0.1) is 6.58 Å². The van der Waals surface area contributed by atoms with Crippen molar-refractivity contribution < 1.29 is 4.79 Å². The van der Waals surface area contributed by atoms with Crippen molar-refractivity contribution in [2.24, 2.45) is 0 Å². The lowest BCUT2D eigenvalue weighted by Gasteiger charge is -2.19. The van der Waals surface area contributed by atoms with Crippen molar-refractivity contribution in [1.29, 1.82) is 5.26 Å². The molecule has 1 heterocycles. The molecule has 0 saturated carbocycles. The van der Waals surface area contributed by atoms with E-state index in [4.69, 9.17) is 5.26 Å². The average molecular weight is 216 g/mol. The van der Waals surface area contributed by atoms with Crippen molar-refractivity contribution in [3.05, 3.63) is 36.9 Å². The fourth-order valence-electron chi connectivity index (χ4n) is 1.21. The molecule has 1 aromatic heterocycles. The van der Waals surface area contributed by atoms with E-state index in [2.05, 4.69) is 16.5 Å². The van der Waals surface area contributed by atoms with Crippen molar-refractivity contribution in [2.45, 2.75) is 6.42 Å². The summed E-state index contributed by atoms with van der Waals surface area (Å²) in [6, 6.07) is 2.00. The first-order valence-electron chi connectivity index (χ1n) is 4.81. The van der Waals surface area contributed by atoms with E-state index in [1.165, 1.54) is 23.6 Å². The topological polar surface area (TPSA) is 69.9 Å². The predicted molar refractivity (Wildman–Crippen MR) is 58.4 cm³/mol. The molecule has 82 valence electrons. The van der Waals surface area contributed by atoms with Crippen LogP contribution in [0, 0.1) is 11.3 Å². The monoisotopic (exact) mass is 216 g/mol. The number of amides is 1. The molecule has 1 rings (SSSR count). The maximum Gasteiger partial charge on any atom is 0.257 e. The highest BCUT2D eigenvalue weighted by Gasteiger charge is 2.14. The van der Waals surface area contributed by atoms with Crippen LogP contribution in [-0.2, 0) is 0 Å². The standard InChI is InChI=1S/C11H12N4O/c1-2-5-15(6-3-4-12)11(16)10-7-13-9-14-8-10/h2,7-9H,1,3,5-6H2. The Morgan fingerprint density at radius 2 is 2.25 bits per heavy atom. The molecule has 16 heavy (non-hydrogen) atoms.